The number of benzene rings is 1. The molecule has 3 atom stereocenters. The van der Waals surface area contributed by atoms with E-state index in [1.807, 2.05) is 0 Å². The quantitative estimate of drug-likeness (QED) is 0.785. The highest BCUT2D eigenvalue weighted by Crippen LogP contribution is 2.40. The lowest BCUT2D eigenvalue weighted by molar-refractivity contribution is -0.187. The van der Waals surface area contributed by atoms with Gasteiger partial charge in [-0.15, -0.1) is 0 Å². The smallest absolute Gasteiger partial charge is 0.407 e. The van der Waals surface area contributed by atoms with Gasteiger partial charge in [-0.1, -0.05) is 12.1 Å². The Labute approximate surface area is 155 Å². The van der Waals surface area contributed by atoms with Gasteiger partial charge in [0.05, 0.1) is 6.61 Å². The number of carbonyl (C=O) groups is 2. The molecule has 1 saturated heterocycles. The SMILES string of the molecule is CCOC(=O)C(F)(F)C(c1ccc(F)cc1)N1C[C@H](C)N(C(=O)O)C[C@H]1C. The molecule has 6 nitrogen and oxygen atoms in total. The lowest BCUT2D eigenvalue weighted by Crippen LogP contribution is -2.61. The number of alkyl halides is 2. The van der Waals surface area contributed by atoms with E-state index in [4.69, 9.17) is 0 Å². The lowest BCUT2D eigenvalue weighted by atomic mass is 9.94. The molecule has 1 aliphatic rings. The Hall–Kier alpha value is -2.29. The van der Waals surface area contributed by atoms with Crippen molar-refractivity contribution in [3.8, 4) is 0 Å². The van der Waals surface area contributed by atoms with Gasteiger partial charge in [0.25, 0.3) is 0 Å². The summed E-state index contributed by atoms with van der Waals surface area (Å²) in [6.45, 7) is 4.44. The molecule has 1 aliphatic heterocycles. The predicted molar refractivity (Wildman–Crippen MR) is 91.1 cm³/mol. The first-order valence-electron chi connectivity index (χ1n) is 8.65. The zero-order valence-corrected chi connectivity index (χ0v) is 15.4. The van der Waals surface area contributed by atoms with Crippen LogP contribution in [-0.2, 0) is 9.53 Å². The van der Waals surface area contributed by atoms with E-state index in [0.717, 1.165) is 12.1 Å². The average molecular weight is 388 g/mol. The molecule has 0 spiro atoms. The summed E-state index contributed by atoms with van der Waals surface area (Å²) in [6, 6.07) is 1.65. The summed E-state index contributed by atoms with van der Waals surface area (Å²) in [5.74, 6) is -6.15. The van der Waals surface area contributed by atoms with Crippen molar-refractivity contribution in [1.82, 2.24) is 9.80 Å². The Bertz CT molecular complexity index is 684. The highest BCUT2D eigenvalue weighted by Gasteiger charge is 2.54. The first-order valence-corrected chi connectivity index (χ1v) is 8.65. The first kappa shape index (κ1) is 21.0. The summed E-state index contributed by atoms with van der Waals surface area (Å²) in [4.78, 5) is 25.9. The number of carbonyl (C=O) groups excluding carboxylic acids is 1. The van der Waals surface area contributed by atoms with Crippen molar-refractivity contribution in [2.24, 2.45) is 0 Å². The minimum Gasteiger partial charge on any atom is -0.465 e. The molecule has 1 aromatic rings. The van der Waals surface area contributed by atoms with E-state index in [1.165, 1.54) is 28.9 Å². The van der Waals surface area contributed by atoms with Crippen LogP contribution in [0.2, 0.25) is 0 Å². The molecule has 1 fully saturated rings. The molecule has 0 radical (unpaired) electrons. The number of halogens is 3. The number of esters is 1. The summed E-state index contributed by atoms with van der Waals surface area (Å²) in [5, 5.41) is 9.26. The van der Waals surface area contributed by atoms with Gasteiger partial charge < -0.3 is 14.7 Å². The standard InChI is InChI=1S/C18H23F3N2O4/c1-4-27-16(24)18(20,21)15(13-5-7-14(19)8-6-13)22-9-12(3)23(17(25)26)10-11(22)2/h5-8,11-12,15H,4,9-10H2,1-3H3,(H,25,26)/t11-,12+,15?/m1/s1. The molecule has 1 amide bonds. The Morgan fingerprint density at radius 2 is 1.81 bits per heavy atom. The van der Waals surface area contributed by atoms with E-state index in [-0.39, 0.29) is 25.3 Å². The van der Waals surface area contributed by atoms with E-state index < -0.39 is 41.9 Å². The van der Waals surface area contributed by atoms with Gasteiger partial charge in [0.15, 0.2) is 0 Å². The van der Waals surface area contributed by atoms with Crippen LogP contribution in [0.5, 0.6) is 0 Å². The van der Waals surface area contributed by atoms with Gasteiger partial charge in [-0.05, 0) is 38.5 Å². The van der Waals surface area contributed by atoms with Crippen LogP contribution in [0.15, 0.2) is 24.3 Å². The van der Waals surface area contributed by atoms with Crippen molar-refractivity contribution >= 4 is 12.1 Å². The van der Waals surface area contributed by atoms with Crippen LogP contribution in [0, 0.1) is 5.82 Å². The zero-order valence-electron chi connectivity index (χ0n) is 15.4. The molecule has 1 aromatic carbocycles. The number of rotatable bonds is 5. The minimum atomic E-state index is -3.90. The molecular weight excluding hydrogens is 365 g/mol. The number of amides is 1. The Kier molecular flexibility index (Phi) is 6.35. The van der Waals surface area contributed by atoms with Crippen LogP contribution in [-0.4, -0.2) is 64.7 Å². The number of nitrogens with zero attached hydrogens (tertiary/aromatic N) is 2. The second-order valence-electron chi connectivity index (χ2n) is 6.63. The molecule has 2 rings (SSSR count). The molecule has 9 heteroatoms. The second-order valence-corrected chi connectivity index (χ2v) is 6.63. The molecule has 0 saturated carbocycles. The normalized spacial score (nSPS) is 22.4. The van der Waals surface area contributed by atoms with E-state index in [1.54, 1.807) is 13.8 Å². The Morgan fingerprint density at radius 3 is 2.33 bits per heavy atom. The van der Waals surface area contributed by atoms with Crippen molar-refractivity contribution in [3.63, 3.8) is 0 Å². The first-order chi connectivity index (χ1) is 12.6. The van der Waals surface area contributed by atoms with Crippen molar-refractivity contribution in [2.75, 3.05) is 19.7 Å². The van der Waals surface area contributed by atoms with Gasteiger partial charge in [-0.3, -0.25) is 4.90 Å². The number of hydrogen-bond donors (Lipinski definition) is 1. The lowest BCUT2D eigenvalue weighted by Gasteiger charge is -2.47. The maximum Gasteiger partial charge on any atom is 0.407 e. The fraction of sp³-hybridized carbons (Fsp3) is 0.556. The van der Waals surface area contributed by atoms with Gasteiger partial charge in [-0.25, -0.2) is 14.0 Å². The third-order valence-corrected chi connectivity index (χ3v) is 4.69. The van der Waals surface area contributed by atoms with E-state index in [2.05, 4.69) is 4.74 Å². The van der Waals surface area contributed by atoms with Crippen LogP contribution in [0.3, 0.4) is 0 Å². The number of ether oxygens (including phenoxy) is 1. The molecule has 27 heavy (non-hydrogen) atoms. The van der Waals surface area contributed by atoms with E-state index in [9.17, 15) is 19.1 Å². The zero-order chi connectivity index (χ0) is 20.4. The van der Waals surface area contributed by atoms with Crippen LogP contribution in [0.1, 0.15) is 32.4 Å². The van der Waals surface area contributed by atoms with Crippen molar-refractivity contribution in [3.05, 3.63) is 35.6 Å². The van der Waals surface area contributed by atoms with Crippen LogP contribution < -0.4 is 0 Å². The number of carboxylic acid groups (broad SMARTS) is 1. The van der Waals surface area contributed by atoms with Gasteiger partial charge in [-0.2, -0.15) is 8.78 Å². The highest BCUT2D eigenvalue weighted by molar-refractivity contribution is 5.79. The second kappa shape index (κ2) is 8.16. The summed E-state index contributed by atoms with van der Waals surface area (Å²) < 4.78 is 47.9. The molecule has 1 unspecified atom stereocenters. The third-order valence-electron chi connectivity index (χ3n) is 4.69. The Balaban J connectivity index is 2.45. The van der Waals surface area contributed by atoms with Gasteiger partial charge in [0.2, 0.25) is 0 Å². The maximum atomic E-state index is 15.1. The predicted octanol–water partition coefficient (Wildman–Crippen LogP) is 3.14. The van der Waals surface area contributed by atoms with E-state index in [0.29, 0.717) is 0 Å². The van der Waals surface area contributed by atoms with E-state index >= 15 is 8.78 Å². The fourth-order valence-corrected chi connectivity index (χ4v) is 3.37. The summed E-state index contributed by atoms with van der Waals surface area (Å²) >= 11 is 0. The molecule has 0 bridgehead atoms. The average Bonchev–Trinajstić information content (AvgIpc) is 2.59. The summed E-state index contributed by atoms with van der Waals surface area (Å²) in [6.07, 6.45) is -1.13. The van der Waals surface area contributed by atoms with Crippen molar-refractivity contribution < 1.29 is 32.6 Å². The van der Waals surface area contributed by atoms with Gasteiger partial charge >= 0.3 is 18.0 Å². The van der Waals surface area contributed by atoms with Crippen LogP contribution in [0.4, 0.5) is 18.0 Å². The molecule has 1 heterocycles. The maximum absolute atomic E-state index is 15.1. The Morgan fingerprint density at radius 1 is 1.22 bits per heavy atom. The monoisotopic (exact) mass is 388 g/mol. The van der Waals surface area contributed by atoms with Crippen molar-refractivity contribution in [1.29, 1.82) is 0 Å². The molecule has 0 aliphatic carbocycles. The molecule has 1 N–H and O–H groups in total. The molecule has 150 valence electrons. The largest absolute Gasteiger partial charge is 0.465 e. The topological polar surface area (TPSA) is 70.1 Å². The van der Waals surface area contributed by atoms with Gasteiger partial charge in [0, 0.05) is 25.2 Å². The number of piperazine rings is 1. The number of hydrogen-bond acceptors (Lipinski definition) is 4. The van der Waals surface area contributed by atoms with Crippen LogP contribution >= 0.6 is 0 Å². The highest BCUT2D eigenvalue weighted by atomic mass is 19.3. The molecule has 0 aromatic heterocycles. The van der Waals surface area contributed by atoms with Gasteiger partial charge in [0.1, 0.15) is 11.9 Å². The molecular formula is C18H23F3N2O4. The minimum absolute atomic E-state index is 0.00704. The third kappa shape index (κ3) is 4.35. The summed E-state index contributed by atoms with van der Waals surface area (Å²) in [7, 11) is 0. The van der Waals surface area contributed by atoms with Crippen LogP contribution in [0.25, 0.3) is 0 Å². The summed E-state index contributed by atoms with van der Waals surface area (Å²) in [5.41, 5.74) is 0.0530. The fourth-order valence-electron chi connectivity index (χ4n) is 3.37. The van der Waals surface area contributed by atoms with Crippen molar-refractivity contribution in [2.45, 2.75) is 44.8 Å².